The first-order chi connectivity index (χ1) is 11.7. The normalized spacial score (nSPS) is 28.8. The van der Waals surface area contributed by atoms with Crippen LogP contribution in [0, 0.1) is 0 Å². The summed E-state index contributed by atoms with van der Waals surface area (Å²) in [7, 11) is 1.59. The van der Waals surface area contributed by atoms with Crippen molar-refractivity contribution in [3.8, 4) is 5.75 Å². The lowest BCUT2D eigenvalue weighted by Gasteiger charge is -2.35. The molecule has 0 saturated carbocycles. The van der Waals surface area contributed by atoms with E-state index in [1.165, 1.54) is 0 Å². The molecule has 134 valence electrons. The van der Waals surface area contributed by atoms with Crippen molar-refractivity contribution in [2.24, 2.45) is 0 Å². The number of hydrogen-bond donors (Lipinski definition) is 0. The van der Waals surface area contributed by atoms with Crippen molar-refractivity contribution in [2.45, 2.75) is 56.8 Å². The highest BCUT2D eigenvalue weighted by Gasteiger charge is 2.65. The zero-order valence-electron chi connectivity index (χ0n) is 15.1. The first kappa shape index (κ1) is 17.7. The van der Waals surface area contributed by atoms with Crippen LogP contribution in [0.5, 0.6) is 5.75 Å². The van der Waals surface area contributed by atoms with E-state index in [0.29, 0.717) is 12.2 Å². The molecule has 0 amide bonds. The first-order valence-corrected chi connectivity index (χ1v) is 8.46. The lowest BCUT2D eigenvalue weighted by Crippen LogP contribution is -2.54. The zero-order chi connectivity index (χ0) is 18.4. The summed E-state index contributed by atoms with van der Waals surface area (Å²) >= 11 is 0. The Morgan fingerprint density at radius 2 is 1.92 bits per heavy atom. The van der Waals surface area contributed by atoms with Gasteiger partial charge in [0.2, 0.25) is 5.60 Å². The molecular formula is C20H24O5. The molecule has 5 nitrogen and oxygen atoms in total. The zero-order valence-corrected chi connectivity index (χ0v) is 15.1. The summed E-state index contributed by atoms with van der Waals surface area (Å²) in [5.41, 5.74) is -0.796. The fourth-order valence-electron chi connectivity index (χ4n) is 3.61. The van der Waals surface area contributed by atoms with E-state index in [9.17, 15) is 9.59 Å². The van der Waals surface area contributed by atoms with Crippen LogP contribution in [0.1, 0.15) is 45.1 Å². The minimum Gasteiger partial charge on any atom is -0.497 e. The molecule has 1 aromatic rings. The lowest BCUT2D eigenvalue weighted by atomic mass is 9.77. The maximum absolute atomic E-state index is 13.0. The smallest absolute Gasteiger partial charge is 0.347 e. The van der Waals surface area contributed by atoms with Gasteiger partial charge >= 0.3 is 5.97 Å². The van der Waals surface area contributed by atoms with Gasteiger partial charge in [-0.2, -0.15) is 0 Å². The van der Waals surface area contributed by atoms with Gasteiger partial charge < -0.3 is 14.2 Å². The second-order valence-corrected chi connectivity index (χ2v) is 7.59. The molecule has 2 fully saturated rings. The van der Waals surface area contributed by atoms with E-state index in [4.69, 9.17) is 14.2 Å². The van der Waals surface area contributed by atoms with Crippen molar-refractivity contribution < 1.29 is 23.8 Å². The number of ketones is 1. The molecular weight excluding hydrogens is 320 g/mol. The predicted octanol–water partition coefficient (Wildman–Crippen LogP) is 3.18. The molecule has 0 unspecified atom stereocenters. The number of benzene rings is 1. The Bertz CT molecular complexity index is 713. The predicted molar refractivity (Wildman–Crippen MR) is 92.6 cm³/mol. The number of hydrogen-bond acceptors (Lipinski definition) is 5. The van der Waals surface area contributed by atoms with Crippen LogP contribution >= 0.6 is 0 Å². The summed E-state index contributed by atoms with van der Waals surface area (Å²) in [6.07, 6.45) is 0.530. The third-order valence-electron chi connectivity index (χ3n) is 4.72. The molecule has 0 radical (unpaired) electrons. The van der Waals surface area contributed by atoms with Crippen LogP contribution in [-0.2, 0) is 19.1 Å². The third kappa shape index (κ3) is 2.86. The maximum Gasteiger partial charge on any atom is 0.347 e. The Hall–Kier alpha value is -2.14. The van der Waals surface area contributed by atoms with Crippen molar-refractivity contribution in [3.05, 3.63) is 42.0 Å². The molecule has 0 aliphatic carbocycles. The van der Waals surface area contributed by atoms with Gasteiger partial charge in [0.05, 0.1) is 19.1 Å². The fourth-order valence-corrected chi connectivity index (χ4v) is 3.61. The van der Waals surface area contributed by atoms with Crippen molar-refractivity contribution in [1.29, 1.82) is 0 Å². The number of carbonyl (C=O) groups excluding carboxylic acids is 2. The molecule has 5 heteroatoms. The van der Waals surface area contributed by atoms with Crippen molar-refractivity contribution >= 4 is 11.8 Å². The molecule has 2 aliphatic rings. The van der Waals surface area contributed by atoms with Gasteiger partial charge in [-0.05, 0) is 50.5 Å². The van der Waals surface area contributed by atoms with Gasteiger partial charge in [-0.15, -0.1) is 0 Å². The van der Waals surface area contributed by atoms with Crippen LogP contribution in [0.15, 0.2) is 36.4 Å². The average molecular weight is 344 g/mol. The molecule has 0 spiro atoms. The second-order valence-electron chi connectivity index (χ2n) is 7.59. The molecule has 1 aromatic carbocycles. The number of ether oxygens (including phenoxy) is 3. The number of methoxy groups -OCH3 is 1. The molecule has 3 rings (SSSR count). The molecule has 2 bridgehead atoms. The van der Waals surface area contributed by atoms with Gasteiger partial charge in [0.25, 0.3) is 0 Å². The Labute approximate surface area is 148 Å². The van der Waals surface area contributed by atoms with Gasteiger partial charge in [-0.25, -0.2) is 4.79 Å². The van der Waals surface area contributed by atoms with Gasteiger partial charge in [0, 0.05) is 6.42 Å². The largest absolute Gasteiger partial charge is 0.497 e. The third-order valence-corrected chi connectivity index (χ3v) is 4.72. The summed E-state index contributed by atoms with van der Waals surface area (Å²) in [6, 6.07) is 7.30. The second kappa shape index (κ2) is 5.99. The summed E-state index contributed by atoms with van der Waals surface area (Å²) in [4.78, 5) is 25.9. The number of esters is 1. The van der Waals surface area contributed by atoms with E-state index < -0.39 is 23.1 Å². The number of fused-ring (bicyclic) bond motifs is 2. The van der Waals surface area contributed by atoms with E-state index >= 15 is 0 Å². The van der Waals surface area contributed by atoms with Crippen LogP contribution < -0.4 is 4.74 Å². The van der Waals surface area contributed by atoms with Crippen LogP contribution in [0.3, 0.4) is 0 Å². The number of carbonyl (C=O) groups is 2. The Morgan fingerprint density at radius 1 is 1.28 bits per heavy atom. The highest BCUT2D eigenvalue weighted by atomic mass is 16.6. The highest BCUT2D eigenvalue weighted by molar-refractivity contribution is 6.10. The lowest BCUT2D eigenvalue weighted by molar-refractivity contribution is -0.190. The van der Waals surface area contributed by atoms with Crippen molar-refractivity contribution in [1.82, 2.24) is 0 Å². The van der Waals surface area contributed by atoms with E-state index in [0.717, 1.165) is 11.1 Å². The minimum atomic E-state index is -1.64. The molecule has 0 aromatic heterocycles. The monoisotopic (exact) mass is 344 g/mol. The summed E-state index contributed by atoms with van der Waals surface area (Å²) in [5, 5.41) is 0. The average Bonchev–Trinajstić information content (AvgIpc) is 2.80. The van der Waals surface area contributed by atoms with Crippen LogP contribution in [0.25, 0.3) is 0 Å². The Morgan fingerprint density at radius 3 is 2.48 bits per heavy atom. The number of Topliss-reactive ketones (excluding diaryl/α,β-unsaturated/α-hetero) is 1. The molecule has 2 heterocycles. The fraction of sp³-hybridized carbons (Fsp3) is 0.500. The topological polar surface area (TPSA) is 61.8 Å². The van der Waals surface area contributed by atoms with E-state index in [1.807, 2.05) is 12.1 Å². The van der Waals surface area contributed by atoms with Gasteiger partial charge in [0.1, 0.15) is 11.4 Å². The van der Waals surface area contributed by atoms with Gasteiger partial charge in [-0.1, -0.05) is 18.7 Å². The molecule has 0 N–H and O–H groups in total. The van der Waals surface area contributed by atoms with E-state index in [2.05, 4.69) is 6.58 Å². The summed E-state index contributed by atoms with van der Waals surface area (Å²) in [5.74, 6) is -0.714. The molecule has 2 aliphatic heterocycles. The van der Waals surface area contributed by atoms with E-state index in [1.54, 1.807) is 40.0 Å². The van der Waals surface area contributed by atoms with Crippen LogP contribution in [0.4, 0.5) is 0 Å². The van der Waals surface area contributed by atoms with Gasteiger partial charge in [0.15, 0.2) is 5.78 Å². The highest BCUT2D eigenvalue weighted by Crippen LogP contribution is 2.52. The van der Waals surface area contributed by atoms with Gasteiger partial charge in [-0.3, -0.25) is 4.79 Å². The van der Waals surface area contributed by atoms with Crippen molar-refractivity contribution in [2.75, 3.05) is 7.11 Å². The van der Waals surface area contributed by atoms with Crippen LogP contribution in [0.2, 0.25) is 0 Å². The summed E-state index contributed by atoms with van der Waals surface area (Å²) in [6.45, 7) is 9.47. The minimum absolute atomic E-state index is 0.238. The van der Waals surface area contributed by atoms with Crippen LogP contribution in [-0.4, -0.2) is 36.2 Å². The van der Waals surface area contributed by atoms with Crippen molar-refractivity contribution in [3.63, 3.8) is 0 Å². The first-order valence-electron chi connectivity index (χ1n) is 8.46. The SMILES string of the molecule is C=C1[C@H]2CCC(=O)[C@](C(=O)OC(C)(C)C)(O2)[C@@H]1c1ccc(OC)cc1. The van der Waals surface area contributed by atoms with E-state index in [-0.39, 0.29) is 18.3 Å². The molecule has 3 atom stereocenters. The molecule has 25 heavy (non-hydrogen) atoms. The standard InChI is InChI=1S/C20H24O5/c1-12-15-10-11-16(21)20(24-15,18(22)25-19(2,3)4)17(12)13-6-8-14(23-5)9-7-13/h6-9,15,17H,1,10-11H2,2-5H3/t15-,17+,20+/m1/s1. The molecule has 2 saturated heterocycles. The maximum atomic E-state index is 13.0. The quantitative estimate of drug-likeness (QED) is 0.479. The Balaban J connectivity index is 2.07. The number of rotatable bonds is 3. The Kier molecular flexibility index (Phi) is 4.23. The summed E-state index contributed by atoms with van der Waals surface area (Å²) < 4.78 is 16.7.